The highest BCUT2D eigenvalue weighted by Crippen LogP contribution is 2.24. The highest BCUT2D eigenvalue weighted by Gasteiger charge is 2.37. The number of likely N-dealkylation sites (tertiary alicyclic amines) is 1. The number of anilines is 1. The van der Waals surface area contributed by atoms with Gasteiger partial charge in [-0.3, -0.25) is 14.7 Å². The van der Waals surface area contributed by atoms with Gasteiger partial charge in [0.2, 0.25) is 0 Å². The Morgan fingerprint density at radius 3 is 2.68 bits per heavy atom. The maximum atomic E-state index is 12.5. The van der Waals surface area contributed by atoms with E-state index < -0.39 is 5.60 Å². The van der Waals surface area contributed by atoms with Gasteiger partial charge in [-0.15, -0.1) is 0 Å². The fourth-order valence-corrected chi connectivity index (χ4v) is 4.18. The van der Waals surface area contributed by atoms with Gasteiger partial charge in [0.1, 0.15) is 23.8 Å². The topological polar surface area (TPSA) is 90.8 Å². The first-order chi connectivity index (χ1) is 15.1. The van der Waals surface area contributed by atoms with Crippen molar-refractivity contribution in [3.63, 3.8) is 0 Å². The van der Waals surface area contributed by atoms with Gasteiger partial charge in [0.25, 0.3) is 5.91 Å². The largest absolute Gasteiger partial charge is 0.492 e. The number of carbonyl (C=O) groups excluding carboxylic acids is 1. The summed E-state index contributed by atoms with van der Waals surface area (Å²) >= 11 is 0. The minimum atomic E-state index is -0.981. The van der Waals surface area contributed by atoms with E-state index in [1.807, 2.05) is 17.0 Å². The smallest absolute Gasteiger partial charge is 0.251 e. The van der Waals surface area contributed by atoms with Gasteiger partial charge < -0.3 is 20.1 Å². The van der Waals surface area contributed by atoms with Gasteiger partial charge in [0.05, 0.1) is 6.20 Å². The van der Waals surface area contributed by atoms with Crippen molar-refractivity contribution in [2.24, 2.45) is 0 Å². The molecule has 2 aliphatic heterocycles. The number of hydrogen-bond donors (Lipinski definition) is 2. The van der Waals surface area contributed by atoms with Crippen LogP contribution < -0.4 is 15.0 Å². The number of nitrogens with one attached hydrogen (secondary N) is 1. The highest BCUT2D eigenvalue weighted by atomic mass is 16.5. The molecule has 0 bridgehead atoms. The second-order valence-corrected chi connectivity index (χ2v) is 8.42. The summed E-state index contributed by atoms with van der Waals surface area (Å²) < 4.78 is 5.82. The number of nitrogens with zero attached hydrogens (tertiary/aromatic N) is 4. The summed E-state index contributed by atoms with van der Waals surface area (Å²) in [4.78, 5) is 25.3. The molecular weight excluding hydrogens is 394 g/mol. The Kier molecular flexibility index (Phi) is 6.99. The van der Waals surface area contributed by atoms with E-state index in [9.17, 15) is 9.90 Å². The monoisotopic (exact) mass is 425 g/mol. The molecule has 1 atom stereocenters. The average Bonchev–Trinajstić information content (AvgIpc) is 3.22. The zero-order chi connectivity index (χ0) is 21.5. The zero-order valence-corrected chi connectivity index (χ0v) is 17.9. The number of aliphatic hydroxyl groups is 1. The summed E-state index contributed by atoms with van der Waals surface area (Å²) in [7, 11) is 0. The standard InChI is InChI=1S/C23H31N5O3/c29-22(26-17-23(30)8-13-28(18-23)21-16-24-9-10-25-21)19-4-6-20(7-5-19)31-15-14-27-11-2-1-3-12-27/h4-7,9-10,16,30H,1-3,8,11-15,17-18H2,(H,26,29)/t23-/m1/s1. The lowest BCUT2D eigenvalue weighted by atomic mass is 10.0. The molecule has 1 aromatic heterocycles. The predicted molar refractivity (Wildman–Crippen MR) is 118 cm³/mol. The summed E-state index contributed by atoms with van der Waals surface area (Å²) in [5.41, 5.74) is -0.430. The first kappa shape index (κ1) is 21.5. The quantitative estimate of drug-likeness (QED) is 0.665. The molecule has 0 saturated carbocycles. The van der Waals surface area contributed by atoms with E-state index in [0.717, 1.165) is 31.2 Å². The van der Waals surface area contributed by atoms with Gasteiger partial charge in [0, 0.05) is 44.1 Å². The van der Waals surface area contributed by atoms with Crippen molar-refractivity contribution in [1.29, 1.82) is 0 Å². The fourth-order valence-electron chi connectivity index (χ4n) is 4.18. The van der Waals surface area contributed by atoms with E-state index in [0.29, 0.717) is 31.7 Å². The van der Waals surface area contributed by atoms with Crippen LogP contribution in [0.2, 0.25) is 0 Å². The maximum absolute atomic E-state index is 12.5. The van der Waals surface area contributed by atoms with Crippen LogP contribution in [-0.4, -0.2) is 77.4 Å². The van der Waals surface area contributed by atoms with E-state index in [-0.39, 0.29) is 12.5 Å². The van der Waals surface area contributed by atoms with Gasteiger partial charge in [-0.2, -0.15) is 0 Å². The van der Waals surface area contributed by atoms with Crippen molar-refractivity contribution in [2.75, 3.05) is 50.8 Å². The first-order valence-electron chi connectivity index (χ1n) is 11.1. The van der Waals surface area contributed by atoms with E-state index in [2.05, 4.69) is 20.2 Å². The second kappa shape index (κ2) is 10.1. The van der Waals surface area contributed by atoms with Crippen LogP contribution in [0.4, 0.5) is 5.82 Å². The number of hydrogen-bond acceptors (Lipinski definition) is 7. The molecule has 2 aromatic rings. The van der Waals surface area contributed by atoms with Crippen LogP contribution in [0.1, 0.15) is 36.0 Å². The molecule has 3 heterocycles. The highest BCUT2D eigenvalue weighted by molar-refractivity contribution is 5.94. The Labute approximate surface area is 183 Å². The third-order valence-corrected chi connectivity index (χ3v) is 6.03. The molecule has 8 nitrogen and oxygen atoms in total. The van der Waals surface area contributed by atoms with Crippen LogP contribution in [0.25, 0.3) is 0 Å². The molecule has 0 radical (unpaired) electrons. The number of rotatable bonds is 8. The van der Waals surface area contributed by atoms with Gasteiger partial charge >= 0.3 is 0 Å². The summed E-state index contributed by atoms with van der Waals surface area (Å²) in [6.45, 7) is 5.19. The molecule has 0 aliphatic carbocycles. The van der Waals surface area contributed by atoms with Crippen LogP contribution in [0.15, 0.2) is 42.9 Å². The van der Waals surface area contributed by atoms with Gasteiger partial charge in [-0.1, -0.05) is 6.42 Å². The number of piperidine rings is 1. The number of aromatic nitrogens is 2. The molecule has 1 aromatic carbocycles. The fraction of sp³-hybridized carbons (Fsp3) is 0.522. The molecule has 166 valence electrons. The Morgan fingerprint density at radius 1 is 1.13 bits per heavy atom. The number of β-amino-alcohol motifs (C(OH)–C–C–N with tert-alkyl or cyclic N) is 1. The molecule has 2 fully saturated rings. The van der Waals surface area contributed by atoms with Gasteiger partial charge in [-0.25, -0.2) is 4.98 Å². The minimum Gasteiger partial charge on any atom is -0.492 e. The molecule has 31 heavy (non-hydrogen) atoms. The summed E-state index contributed by atoms with van der Waals surface area (Å²) in [5, 5.41) is 13.7. The van der Waals surface area contributed by atoms with Crippen molar-refractivity contribution < 1.29 is 14.6 Å². The van der Waals surface area contributed by atoms with Crippen LogP contribution in [-0.2, 0) is 0 Å². The zero-order valence-electron chi connectivity index (χ0n) is 17.9. The summed E-state index contributed by atoms with van der Waals surface area (Å²) in [5.74, 6) is 1.30. The summed E-state index contributed by atoms with van der Waals surface area (Å²) in [6, 6.07) is 7.17. The van der Waals surface area contributed by atoms with Crippen LogP contribution in [0.3, 0.4) is 0 Å². The van der Waals surface area contributed by atoms with Crippen LogP contribution in [0.5, 0.6) is 5.75 Å². The number of carbonyl (C=O) groups is 1. The van der Waals surface area contributed by atoms with Crippen molar-refractivity contribution in [3.8, 4) is 5.75 Å². The lowest BCUT2D eigenvalue weighted by molar-refractivity contribution is 0.0575. The molecule has 0 spiro atoms. The van der Waals surface area contributed by atoms with E-state index in [1.54, 1.807) is 30.7 Å². The maximum Gasteiger partial charge on any atom is 0.251 e. The lowest BCUT2D eigenvalue weighted by Crippen LogP contribution is -2.45. The Balaban J connectivity index is 1.21. The molecule has 8 heteroatoms. The van der Waals surface area contributed by atoms with E-state index in [1.165, 1.54) is 19.3 Å². The average molecular weight is 426 g/mol. The van der Waals surface area contributed by atoms with Crippen molar-refractivity contribution >= 4 is 11.7 Å². The number of benzene rings is 1. The predicted octanol–water partition coefficient (Wildman–Crippen LogP) is 1.71. The Morgan fingerprint density at radius 2 is 1.94 bits per heavy atom. The Bertz CT molecular complexity index is 842. The molecular formula is C23H31N5O3. The van der Waals surface area contributed by atoms with E-state index >= 15 is 0 Å². The van der Waals surface area contributed by atoms with Crippen molar-refractivity contribution in [1.82, 2.24) is 20.2 Å². The number of amides is 1. The molecule has 2 aliphatic rings. The molecule has 1 amide bonds. The van der Waals surface area contributed by atoms with Gasteiger partial charge in [-0.05, 0) is 56.6 Å². The third kappa shape index (κ3) is 5.92. The van der Waals surface area contributed by atoms with Crippen molar-refractivity contribution in [2.45, 2.75) is 31.3 Å². The molecule has 4 rings (SSSR count). The lowest BCUT2D eigenvalue weighted by Gasteiger charge is -2.26. The minimum absolute atomic E-state index is 0.191. The Hall–Kier alpha value is -2.71. The van der Waals surface area contributed by atoms with Crippen LogP contribution >= 0.6 is 0 Å². The third-order valence-electron chi connectivity index (χ3n) is 6.03. The molecule has 2 saturated heterocycles. The van der Waals surface area contributed by atoms with Crippen LogP contribution in [0, 0.1) is 0 Å². The summed E-state index contributed by atoms with van der Waals surface area (Å²) in [6.07, 6.45) is 9.38. The first-order valence-corrected chi connectivity index (χ1v) is 11.1. The molecule has 0 unspecified atom stereocenters. The van der Waals surface area contributed by atoms with Gasteiger partial charge in [0.15, 0.2) is 0 Å². The normalized spacial score (nSPS) is 21.8. The van der Waals surface area contributed by atoms with E-state index in [4.69, 9.17) is 4.74 Å². The number of ether oxygens (including phenoxy) is 1. The second-order valence-electron chi connectivity index (χ2n) is 8.42. The SMILES string of the molecule is O=C(NC[C@]1(O)CCN(c2cnccn2)C1)c1ccc(OCCN2CCCCC2)cc1. The van der Waals surface area contributed by atoms with Crippen molar-refractivity contribution in [3.05, 3.63) is 48.4 Å². The molecule has 2 N–H and O–H groups in total.